The largest absolute Gasteiger partial charge is 0.497 e. The molecule has 20 heavy (non-hydrogen) atoms. The van der Waals surface area contributed by atoms with Crippen LogP contribution in [0.3, 0.4) is 0 Å². The predicted molar refractivity (Wildman–Crippen MR) is 73.3 cm³/mol. The van der Waals surface area contributed by atoms with E-state index < -0.39 is 11.8 Å². The summed E-state index contributed by atoms with van der Waals surface area (Å²) in [5.41, 5.74) is 1.19. The molecule has 0 unspecified atom stereocenters. The Balaban J connectivity index is 2.02. The van der Waals surface area contributed by atoms with Crippen LogP contribution in [0, 0.1) is 12.7 Å². The van der Waals surface area contributed by atoms with Gasteiger partial charge in [0.2, 0.25) is 0 Å². The van der Waals surface area contributed by atoms with E-state index in [1.807, 2.05) is 0 Å². The summed E-state index contributed by atoms with van der Waals surface area (Å²) in [5.74, 6) is -0.473. The van der Waals surface area contributed by atoms with Gasteiger partial charge in [0.15, 0.2) is 0 Å². The van der Waals surface area contributed by atoms with E-state index in [4.69, 9.17) is 9.47 Å². The minimum Gasteiger partial charge on any atom is -0.497 e. The van der Waals surface area contributed by atoms with Gasteiger partial charge in [0, 0.05) is 0 Å². The topological polar surface area (TPSA) is 35.5 Å². The second-order valence-corrected chi connectivity index (χ2v) is 4.36. The summed E-state index contributed by atoms with van der Waals surface area (Å²) in [6, 6.07) is 11.8. The highest BCUT2D eigenvalue weighted by atomic mass is 19.1. The molecule has 0 heterocycles. The third kappa shape index (κ3) is 3.15. The quantitative estimate of drug-likeness (QED) is 0.800. The first-order valence-corrected chi connectivity index (χ1v) is 6.17. The standard InChI is InChI=1S/C16H15FO3/c1-11-4-3-5-14(15(11)17)16(18)20-10-12-6-8-13(19-2)9-7-12/h3-9H,10H2,1-2H3. The van der Waals surface area contributed by atoms with Gasteiger partial charge >= 0.3 is 5.97 Å². The molecule has 0 saturated carbocycles. The van der Waals surface area contributed by atoms with Crippen LogP contribution < -0.4 is 4.74 Å². The maximum Gasteiger partial charge on any atom is 0.341 e. The van der Waals surface area contributed by atoms with E-state index in [2.05, 4.69) is 0 Å². The molecule has 0 amide bonds. The van der Waals surface area contributed by atoms with Crippen LogP contribution in [0.2, 0.25) is 0 Å². The number of hydrogen-bond acceptors (Lipinski definition) is 3. The van der Waals surface area contributed by atoms with Crippen molar-refractivity contribution in [1.29, 1.82) is 0 Å². The van der Waals surface area contributed by atoms with Crippen molar-refractivity contribution in [3.8, 4) is 5.75 Å². The van der Waals surface area contributed by atoms with Crippen molar-refractivity contribution >= 4 is 5.97 Å². The van der Waals surface area contributed by atoms with Crippen LogP contribution in [0.25, 0.3) is 0 Å². The molecule has 0 N–H and O–H groups in total. The maximum atomic E-state index is 13.8. The van der Waals surface area contributed by atoms with Crippen molar-refractivity contribution < 1.29 is 18.7 Å². The highest BCUT2D eigenvalue weighted by Gasteiger charge is 2.14. The summed E-state index contributed by atoms with van der Waals surface area (Å²) in [6.45, 7) is 1.70. The number of methoxy groups -OCH3 is 1. The molecule has 104 valence electrons. The summed E-state index contributed by atoms with van der Waals surface area (Å²) >= 11 is 0. The van der Waals surface area contributed by atoms with E-state index in [1.54, 1.807) is 50.4 Å². The molecule has 2 rings (SSSR count). The number of esters is 1. The first-order valence-electron chi connectivity index (χ1n) is 6.17. The van der Waals surface area contributed by atoms with Crippen LogP contribution >= 0.6 is 0 Å². The lowest BCUT2D eigenvalue weighted by Crippen LogP contribution is -2.08. The highest BCUT2D eigenvalue weighted by molar-refractivity contribution is 5.89. The predicted octanol–water partition coefficient (Wildman–Crippen LogP) is 3.50. The molecular formula is C16H15FO3. The Labute approximate surface area is 117 Å². The Hall–Kier alpha value is -2.36. The lowest BCUT2D eigenvalue weighted by molar-refractivity contribution is 0.0467. The number of halogens is 1. The normalized spacial score (nSPS) is 10.2. The van der Waals surface area contributed by atoms with E-state index in [1.165, 1.54) is 6.07 Å². The van der Waals surface area contributed by atoms with Gasteiger partial charge in [-0.15, -0.1) is 0 Å². The van der Waals surface area contributed by atoms with Crippen molar-refractivity contribution in [2.45, 2.75) is 13.5 Å². The summed E-state index contributed by atoms with van der Waals surface area (Å²) in [7, 11) is 1.58. The summed E-state index contributed by atoms with van der Waals surface area (Å²) in [4.78, 5) is 11.8. The number of carbonyl (C=O) groups excluding carboxylic acids is 1. The van der Waals surface area contributed by atoms with Gasteiger partial charge in [-0.1, -0.05) is 24.3 Å². The lowest BCUT2D eigenvalue weighted by Gasteiger charge is -2.07. The Morgan fingerprint density at radius 2 is 1.85 bits per heavy atom. The van der Waals surface area contributed by atoms with E-state index >= 15 is 0 Å². The third-order valence-electron chi connectivity index (χ3n) is 2.94. The van der Waals surface area contributed by atoms with Crippen molar-refractivity contribution in [2.24, 2.45) is 0 Å². The molecule has 2 aromatic carbocycles. The molecular weight excluding hydrogens is 259 g/mol. The van der Waals surface area contributed by atoms with Crippen LogP contribution in [0.1, 0.15) is 21.5 Å². The van der Waals surface area contributed by atoms with Crippen LogP contribution in [0.5, 0.6) is 5.75 Å². The van der Waals surface area contributed by atoms with Gasteiger partial charge in [-0.2, -0.15) is 0 Å². The molecule has 0 atom stereocenters. The number of rotatable bonds is 4. The van der Waals surface area contributed by atoms with Gasteiger partial charge < -0.3 is 9.47 Å². The summed E-state index contributed by atoms with van der Waals surface area (Å²) < 4.78 is 23.9. The number of aryl methyl sites for hydroxylation is 1. The molecule has 0 spiro atoms. The molecule has 0 aliphatic carbocycles. The zero-order chi connectivity index (χ0) is 14.5. The zero-order valence-electron chi connectivity index (χ0n) is 11.4. The fourth-order valence-corrected chi connectivity index (χ4v) is 1.75. The highest BCUT2D eigenvalue weighted by Crippen LogP contribution is 2.15. The molecule has 0 bridgehead atoms. The van der Waals surface area contributed by atoms with Crippen molar-refractivity contribution in [3.63, 3.8) is 0 Å². The Kier molecular flexibility index (Phi) is 4.35. The average molecular weight is 274 g/mol. The fraction of sp³-hybridized carbons (Fsp3) is 0.188. The number of ether oxygens (including phenoxy) is 2. The first-order chi connectivity index (χ1) is 9.61. The van der Waals surface area contributed by atoms with Crippen molar-refractivity contribution in [2.75, 3.05) is 7.11 Å². The second kappa shape index (κ2) is 6.19. The minimum atomic E-state index is -0.665. The molecule has 0 aromatic heterocycles. The third-order valence-corrected chi connectivity index (χ3v) is 2.94. The van der Waals surface area contributed by atoms with Gasteiger partial charge in [-0.25, -0.2) is 9.18 Å². The summed E-state index contributed by atoms with van der Waals surface area (Å²) in [5, 5.41) is 0. The molecule has 3 nitrogen and oxygen atoms in total. The van der Waals surface area contributed by atoms with Gasteiger partial charge in [0.1, 0.15) is 18.2 Å². The Bertz CT molecular complexity index is 606. The average Bonchev–Trinajstić information content (AvgIpc) is 2.48. The summed E-state index contributed by atoms with van der Waals surface area (Å²) in [6.07, 6.45) is 0. The van der Waals surface area contributed by atoms with Crippen molar-refractivity contribution in [1.82, 2.24) is 0 Å². The van der Waals surface area contributed by atoms with E-state index in [9.17, 15) is 9.18 Å². The van der Waals surface area contributed by atoms with E-state index in [0.717, 1.165) is 11.3 Å². The molecule has 0 fully saturated rings. The maximum absolute atomic E-state index is 13.8. The second-order valence-electron chi connectivity index (χ2n) is 4.36. The Morgan fingerprint density at radius 1 is 1.15 bits per heavy atom. The van der Waals surface area contributed by atoms with Crippen LogP contribution in [-0.4, -0.2) is 13.1 Å². The Morgan fingerprint density at radius 3 is 2.50 bits per heavy atom. The monoisotopic (exact) mass is 274 g/mol. The van der Waals surface area contributed by atoms with E-state index in [0.29, 0.717) is 5.56 Å². The van der Waals surface area contributed by atoms with Gasteiger partial charge in [-0.05, 0) is 36.2 Å². The molecule has 0 radical (unpaired) electrons. The fourth-order valence-electron chi connectivity index (χ4n) is 1.75. The lowest BCUT2D eigenvalue weighted by atomic mass is 10.1. The SMILES string of the molecule is COc1ccc(COC(=O)c2cccc(C)c2F)cc1. The zero-order valence-corrected chi connectivity index (χ0v) is 11.4. The van der Waals surface area contributed by atoms with Crippen LogP contribution in [-0.2, 0) is 11.3 Å². The van der Waals surface area contributed by atoms with Crippen molar-refractivity contribution in [3.05, 3.63) is 65.0 Å². The van der Waals surface area contributed by atoms with Gasteiger partial charge in [-0.3, -0.25) is 0 Å². The first kappa shape index (κ1) is 14.1. The number of hydrogen-bond donors (Lipinski definition) is 0. The smallest absolute Gasteiger partial charge is 0.341 e. The van der Waals surface area contributed by atoms with Gasteiger partial charge in [0.05, 0.1) is 12.7 Å². The van der Waals surface area contributed by atoms with E-state index in [-0.39, 0.29) is 12.2 Å². The minimum absolute atomic E-state index is 0.0430. The number of benzene rings is 2. The van der Waals surface area contributed by atoms with Gasteiger partial charge in [0.25, 0.3) is 0 Å². The van der Waals surface area contributed by atoms with Crippen LogP contribution in [0.4, 0.5) is 4.39 Å². The molecule has 4 heteroatoms. The van der Waals surface area contributed by atoms with Crippen LogP contribution in [0.15, 0.2) is 42.5 Å². The molecule has 0 aliphatic rings. The number of carbonyl (C=O) groups is 1. The molecule has 0 saturated heterocycles. The molecule has 2 aromatic rings. The molecule has 0 aliphatic heterocycles.